The number of aliphatic hydroxyl groups is 4. The summed E-state index contributed by atoms with van der Waals surface area (Å²) in [5.74, 6) is -6.00. The molecule has 0 radical (unpaired) electrons. The number of amides is 4. The van der Waals surface area contributed by atoms with Crippen molar-refractivity contribution in [2.24, 2.45) is 47.3 Å². The maximum absolute atomic E-state index is 14.5. The normalized spacial score (nSPS) is 30.6. The number of pyridine rings is 1. The molecule has 0 spiro atoms. The second-order valence-corrected chi connectivity index (χ2v) is 22.8. The summed E-state index contributed by atoms with van der Waals surface area (Å²) in [5.41, 5.74) is 2.23. The zero-order valence-corrected chi connectivity index (χ0v) is 47.3. The molecule has 3 aliphatic heterocycles. The van der Waals surface area contributed by atoms with Gasteiger partial charge in [0.05, 0.1) is 24.2 Å². The van der Waals surface area contributed by atoms with E-state index in [2.05, 4.69) is 26.4 Å². The van der Waals surface area contributed by atoms with Crippen molar-refractivity contribution in [3.05, 3.63) is 82.4 Å². The van der Waals surface area contributed by atoms with E-state index in [4.69, 9.17) is 4.74 Å². The van der Waals surface area contributed by atoms with E-state index < -0.39 is 101 Å². The fraction of sp³-hybridized carbons (Fsp3) is 0.678. The summed E-state index contributed by atoms with van der Waals surface area (Å²) in [6.45, 7) is 18.2. The van der Waals surface area contributed by atoms with Gasteiger partial charge in [0.15, 0.2) is 0 Å². The van der Waals surface area contributed by atoms with E-state index in [0.717, 1.165) is 5.57 Å². The minimum Gasteiger partial charge on any atom is -0.456 e. The van der Waals surface area contributed by atoms with E-state index in [1.807, 2.05) is 77.2 Å². The van der Waals surface area contributed by atoms with Gasteiger partial charge in [-0.05, 0) is 113 Å². The number of fused-ring (bicyclic) bond motifs is 2. The number of aromatic amines is 1. The number of rotatable bonds is 19. The molecule has 4 amide bonds. The zero-order chi connectivity index (χ0) is 57.1. The molecule has 1 aromatic heterocycles. The minimum absolute atomic E-state index is 0.0403. The lowest BCUT2D eigenvalue weighted by molar-refractivity contribution is -0.170. The molecule has 4 heterocycles. The smallest absolute Gasteiger partial charge is 0.325 e. The monoisotopic (exact) mass is 1080 g/mol. The summed E-state index contributed by atoms with van der Waals surface area (Å²) >= 11 is 0. The summed E-state index contributed by atoms with van der Waals surface area (Å²) in [5, 5.41) is 55.2. The van der Waals surface area contributed by atoms with Crippen molar-refractivity contribution in [1.29, 1.82) is 0 Å². The molecule has 1 aromatic rings. The number of hydrazine groups is 1. The maximum atomic E-state index is 14.5. The van der Waals surface area contributed by atoms with Gasteiger partial charge in [-0.1, -0.05) is 104 Å². The van der Waals surface area contributed by atoms with Crippen LogP contribution in [0.4, 0.5) is 0 Å². The van der Waals surface area contributed by atoms with Gasteiger partial charge >= 0.3 is 5.97 Å². The van der Waals surface area contributed by atoms with E-state index in [-0.39, 0.29) is 61.2 Å². The van der Waals surface area contributed by atoms with Gasteiger partial charge in [0.25, 0.3) is 5.91 Å². The highest BCUT2D eigenvalue weighted by Crippen LogP contribution is 2.38. The Morgan fingerprint density at radius 2 is 1.61 bits per heavy atom. The number of carbonyl (C=O) groups excluding carboxylic acids is 6. The van der Waals surface area contributed by atoms with Crippen LogP contribution in [0.1, 0.15) is 152 Å². The Morgan fingerprint density at radius 1 is 0.909 bits per heavy atom. The molecule has 9 N–H and O–H groups in total. The largest absolute Gasteiger partial charge is 0.456 e. The fourth-order valence-corrected chi connectivity index (χ4v) is 10.6. The standard InChI is InChI=1S/C59H92N6O12/c1-11-43-33-40(8)59(76,63-54(43)71)42(10)52(69)39(7)28-31-48(67)36(4)21-16-14-17-22-37(5)49-26-18-13-12-15-23-38(6)53(70)45(30-29-41(9)66)55(72)62-51(35(2)3)56(73)61-47(34-44-24-19-27-50(68)60-44)57(74)65-32-20-25-46(64-65)58(75)77-49/h12-15,17-19,22,24,27,35-36,38-40,42-43,45-49,51-53,64,67,69-70,76H,11,16,20-21,23,25-26,28-34H2,1-10H3,(H,60,68)(H,61,73)(H,62,72)(H,63,71)/b15-12+,17-14+,18-13+,37-22+/t36?,38?,39?,40-,42?,43?,45?,46?,47?,48?,49-,51?,52?,53?,59+/m0/s1. The van der Waals surface area contributed by atoms with Crippen LogP contribution in [0.25, 0.3) is 0 Å². The Labute approximate surface area is 456 Å². The third kappa shape index (κ3) is 19.0. The average molecular weight is 1080 g/mol. The van der Waals surface area contributed by atoms with Gasteiger partial charge in [0.1, 0.15) is 35.7 Å². The van der Waals surface area contributed by atoms with Crippen LogP contribution in [0.15, 0.2) is 71.1 Å². The fourth-order valence-electron chi connectivity index (χ4n) is 10.6. The molecule has 12 unspecified atom stereocenters. The van der Waals surface area contributed by atoms with Crippen LogP contribution in [0.2, 0.25) is 0 Å². The molecule has 77 heavy (non-hydrogen) atoms. The first-order valence-corrected chi connectivity index (χ1v) is 28.2. The topological polar surface area (TPSA) is 277 Å². The van der Waals surface area contributed by atoms with Gasteiger partial charge in [-0.15, -0.1) is 0 Å². The molecule has 3 aliphatic rings. The van der Waals surface area contributed by atoms with Gasteiger partial charge in [0, 0.05) is 55.3 Å². The number of H-pyrrole nitrogens is 1. The summed E-state index contributed by atoms with van der Waals surface area (Å²) in [6.07, 6.45) is 14.7. The molecule has 2 bridgehead atoms. The quantitative estimate of drug-likeness (QED) is 0.0621. The summed E-state index contributed by atoms with van der Waals surface area (Å²) in [7, 11) is 0. The van der Waals surface area contributed by atoms with Gasteiger partial charge in [-0.2, -0.15) is 0 Å². The molecular formula is C59H92N6O12. The number of esters is 1. The molecule has 18 heteroatoms. The number of cyclic esters (lactones) is 1. The van der Waals surface area contributed by atoms with Crippen molar-refractivity contribution in [3.8, 4) is 0 Å². The van der Waals surface area contributed by atoms with Gasteiger partial charge in [0.2, 0.25) is 23.3 Å². The predicted octanol–water partition coefficient (Wildman–Crippen LogP) is 5.40. The van der Waals surface area contributed by atoms with Crippen molar-refractivity contribution in [1.82, 2.24) is 31.4 Å². The third-order valence-electron chi connectivity index (χ3n) is 16.2. The van der Waals surface area contributed by atoms with Crippen molar-refractivity contribution in [3.63, 3.8) is 0 Å². The highest BCUT2D eigenvalue weighted by atomic mass is 16.5. The number of allylic oxidation sites excluding steroid dienone is 6. The molecule has 4 rings (SSSR count). The third-order valence-corrected chi connectivity index (χ3v) is 16.2. The first kappa shape index (κ1) is 64.3. The number of aliphatic hydroxyl groups excluding tert-OH is 3. The Morgan fingerprint density at radius 3 is 2.27 bits per heavy atom. The lowest BCUT2D eigenvalue weighted by Crippen LogP contribution is -2.65. The molecule has 0 saturated carbocycles. The molecule has 18 nitrogen and oxygen atoms in total. The SMILES string of the molecule is CCC1C[C@H](C)[C@@](O)(C(C)C(O)C(C)CCC(O)C(C)CC/C=C/C=C(\C)[C@@H]2C/C=C/C=C/CC(C)C(O)C(CCC(C)=O)C(=O)NC(C(C)C)C(=O)NC(Cc3cccc(=O)[nH]3)C(=O)N3CCCC(N3)C(=O)O2)NC1=O. The second kappa shape index (κ2) is 30.8. The van der Waals surface area contributed by atoms with E-state index in [1.165, 1.54) is 24.1 Å². The number of carbonyl (C=O) groups is 6. The molecule has 0 aromatic carbocycles. The minimum atomic E-state index is -1.52. The van der Waals surface area contributed by atoms with Crippen LogP contribution < -0.4 is 26.9 Å². The molecular weight excluding hydrogens is 985 g/mol. The number of hydrogen-bond donors (Lipinski definition) is 9. The number of Topliss-reactive ketones (excluding diaryl/α,β-unsaturated/α-hetero) is 1. The molecule has 2 fully saturated rings. The average Bonchev–Trinajstić information content (AvgIpc) is 3.39. The molecule has 0 aliphatic carbocycles. The van der Waals surface area contributed by atoms with Crippen LogP contribution in [0, 0.1) is 47.3 Å². The van der Waals surface area contributed by atoms with Crippen LogP contribution in [-0.4, -0.2) is 121 Å². The molecule has 430 valence electrons. The van der Waals surface area contributed by atoms with Crippen molar-refractivity contribution in [2.75, 3.05) is 6.54 Å². The number of piperidine rings is 1. The van der Waals surface area contributed by atoms with Crippen LogP contribution >= 0.6 is 0 Å². The molecule has 2 saturated heterocycles. The Hall–Kier alpha value is -5.27. The summed E-state index contributed by atoms with van der Waals surface area (Å²) in [4.78, 5) is 96.5. The number of nitrogens with zero attached hydrogens (tertiary/aromatic N) is 1. The van der Waals surface area contributed by atoms with Crippen molar-refractivity contribution in [2.45, 2.75) is 201 Å². The van der Waals surface area contributed by atoms with Crippen molar-refractivity contribution < 1.29 is 53.9 Å². The summed E-state index contributed by atoms with van der Waals surface area (Å²) in [6, 6.07) is 1.16. The lowest BCUT2D eigenvalue weighted by atomic mass is 9.72. The molecule has 15 atom stereocenters. The predicted molar refractivity (Wildman–Crippen MR) is 295 cm³/mol. The van der Waals surface area contributed by atoms with Gasteiger partial charge in [-0.25, -0.2) is 5.43 Å². The Bertz CT molecular complexity index is 2310. The first-order chi connectivity index (χ1) is 36.4. The van der Waals surface area contributed by atoms with E-state index in [0.29, 0.717) is 69.9 Å². The summed E-state index contributed by atoms with van der Waals surface area (Å²) < 4.78 is 6.19. The Balaban J connectivity index is 1.50. The van der Waals surface area contributed by atoms with Crippen LogP contribution in [-0.2, 0) is 39.9 Å². The number of ketones is 1. The second-order valence-electron chi connectivity index (χ2n) is 22.8. The van der Waals surface area contributed by atoms with Crippen LogP contribution in [0.5, 0.6) is 0 Å². The van der Waals surface area contributed by atoms with Gasteiger partial charge < -0.3 is 50.9 Å². The number of aromatic nitrogens is 1. The van der Waals surface area contributed by atoms with Gasteiger partial charge in [-0.3, -0.25) is 33.8 Å². The van der Waals surface area contributed by atoms with E-state index >= 15 is 0 Å². The highest BCUT2D eigenvalue weighted by molar-refractivity contribution is 5.93. The number of nitrogens with one attached hydrogen (secondary N) is 5. The van der Waals surface area contributed by atoms with E-state index in [1.54, 1.807) is 33.8 Å². The maximum Gasteiger partial charge on any atom is 0.325 e. The van der Waals surface area contributed by atoms with E-state index in [9.17, 15) is 54.0 Å². The highest BCUT2D eigenvalue weighted by Gasteiger charge is 2.49. The number of ether oxygens (including phenoxy) is 1. The van der Waals surface area contributed by atoms with Crippen LogP contribution in [0.3, 0.4) is 0 Å². The lowest BCUT2D eigenvalue weighted by Gasteiger charge is -2.47. The number of hydrogen-bond acceptors (Lipinski definition) is 13. The Kier molecular flexibility index (Phi) is 25.7. The first-order valence-electron chi connectivity index (χ1n) is 28.2. The van der Waals surface area contributed by atoms with Crippen molar-refractivity contribution >= 4 is 35.4 Å². The zero-order valence-electron chi connectivity index (χ0n) is 47.3.